The second kappa shape index (κ2) is 11.6. The SMILES string of the molecule is CC(C)c1cccc(OC(C(=O)NCCCCN)c2ccccc2)c1.Cl. The minimum absolute atomic E-state index is 0. The molecule has 0 aromatic heterocycles. The second-order valence-corrected chi connectivity index (χ2v) is 6.42. The van der Waals surface area contributed by atoms with E-state index in [4.69, 9.17) is 10.5 Å². The number of carbonyl (C=O) groups is 1. The van der Waals surface area contributed by atoms with Crippen molar-refractivity contribution in [3.63, 3.8) is 0 Å². The lowest BCUT2D eigenvalue weighted by Crippen LogP contribution is -2.33. The fourth-order valence-corrected chi connectivity index (χ4v) is 2.56. The van der Waals surface area contributed by atoms with E-state index < -0.39 is 6.10 Å². The fourth-order valence-electron chi connectivity index (χ4n) is 2.56. The highest BCUT2D eigenvalue weighted by molar-refractivity contribution is 5.85. The fraction of sp³-hybridized carbons (Fsp3) is 0.381. The molecule has 0 aliphatic heterocycles. The molecule has 0 bridgehead atoms. The number of carbonyl (C=O) groups excluding carboxylic acids is 1. The van der Waals surface area contributed by atoms with Crippen molar-refractivity contribution < 1.29 is 9.53 Å². The van der Waals surface area contributed by atoms with Crippen molar-refractivity contribution >= 4 is 18.3 Å². The number of rotatable bonds is 9. The van der Waals surface area contributed by atoms with Crippen LogP contribution in [0.1, 0.15) is 49.8 Å². The standard InChI is InChI=1S/C21H28N2O2.ClH/c1-16(2)18-11-8-12-19(15-18)25-20(17-9-4-3-5-10-17)21(24)23-14-7-6-13-22;/h3-5,8-12,15-16,20H,6-7,13-14,22H2,1-2H3,(H,23,24);1H. The highest BCUT2D eigenvalue weighted by Gasteiger charge is 2.22. The molecule has 2 aromatic rings. The molecule has 2 aromatic carbocycles. The first kappa shape index (κ1) is 22.0. The lowest BCUT2D eigenvalue weighted by Gasteiger charge is -2.20. The minimum atomic E-state index is -0.665. The molecule has 0 radical (unpaired) electrons. The summed E-state index contributed by atoms with van der Waals surface area (Å²) < 4.78 is 6.07. The first-order chi connectivity index (χ1) is 12.1. The number of halogens is 1. The van der Waals surface area contributed by atoms with Crippen LogP contribution in [-0.2, 0) is 4.79 Å². The van der Waals surface area contributed by atoms with Crippen LogP contribution in [0.2, 0.25) is 0 Å². The van der Waals surface area contributed by atoms with Gasteiger partial charge in [-0.05, 0) is 43.0 Å². The van der Waals surface area contributed by atoms with E-state index in [0.717, 1.165) is 18.4 Å². The maximum Gasteiger partial charge on any atom is 0.265 e. The zero-order valence-electron chi connectivity index (χ0n) is 15.5. The summed E-state index contributed by atoms with van der Waals surface area (Å²) in [5.41, 5.74) is 7.53. The molecule has 0 aliphatic carbocycles. The van der Waals surface area contributed by atoms with Crippen molar-refractivity contribution in [3.8, 4) is 5.75 Å². The predicted molar refractivity (Wildman–Crippen MR) is 109 cm³/mol. The van der Waals surface area contributed by atoms with Gasteiger partial charge in [0.25, 0.3) is 5.91 Å². The third-order valence-electron chi connectivity index (χ3n) is 4.05. The third-order valence-corrected chi connectivity index (χ3v) is 4.05. The third kappa shape index (κ3) is 6.70. The van der Waals surface area contributed by atoms with Crippen LogP contribution < -0.4 is 15.8 Å². The molecule has 0 aliphatic rings. The van der Waals surface area contributed by atoms with Crippen LogP contribution in [0.4, 0.5) is 0 Å². The largest absolute Gasteiger partial charge is 0.476 e. The number of nitrogens with one attached hydrogen (secondary N) is 1. The molecule has 2 rings (SSSR count). The molecule has 0 saturated heterocycles. The number of hydrogen-bond acceptors (Lipinski definition) is 3. The molecule has 1 amide bonds. The van der Waals surface area contributed by atoms with Crippen LogP contribution in [0.25, 0.3) is 0 Å². The normalized spacial score (nSPS) is 11.5. The van der Waals surface area contributed by atoms with Crippen molar-refractivity contribution in [3.05, 3.63) is 65.7 Å². The Kier molecular flexibility index (Phi) is 9.78. The highest BCUT2D eigenvalue weighted by atomic mass is 35.5. The summed E-state index contributed by atoms with van der Waals surface area (Å²) >= 11 is 0. The molecule has 4 nitrogen and oxygen atoms in total. The maximum atomic E-state index is 12.7. The van der Waals surface area contributed by atoms with E-state index in [9.17, 15) is 4.79 Å². The van der Waals surface area contributed by atoms with Crippen LogP contribution in [0.5, 0.6) is 5.75 Å². The lowest BCUT2D eigenvalue weighted by molar-refractivity contribution is -0.128. The van der Waals surface area contributed by atoms with Gasteiger partial charge in [0.1, 0.15) is 5.75 Å². The summed E-state index contributed by atoms with van der Waals surface area (Å²) in [6.07, 6.45) is 1.10. The van der Waals surface area contributed by atoms with E-state index in [1.54, 1.807) is 0 Å². The smallest absolute Gasteiger partial charge is 0.265 e. The molecule has 142 valence electrons. The van der Waals surface area contributed by atoms with Crippen molar-refractivity contribution in [2.45, 2.75) is 38.7 Å². The van der Waals surface area contributed by atoms with Crippen molar-refractivity contribution in [1.29, 1.82) is 0 Å². The van der Waals surface area contributed by atoms with Crippen LogP contribution in [-0.4, -0.2) is 19.0 Å². The van der Waals surface area contributed by atoms with Crippen molar-refractivity contribution in [1.82, 2.24) is 5.32 Å². The molecule has 3 N–H and O–H groups in total. The first-order valence-corrected chi connectivity index (χ1v) is 8.91. The van der Waals surface area contributed by atoms with Gasteiger partial charge in [0.15, 0.2) is 0 Å². The van der Waals surface area contributed by atoms with E-state index in [1.807, 2.05) is 48.5 Å². The van der Waals surface area contributed by atoms with E-state index in [1.165, 1.54) is 5.56 Å². The van der Waals surface area contributed by atoms with Gasteiger partial charge in [-0.1, -0.05) is 56.3 Å². The number of ether oxygens (including phenoxy) is 1. The van der Waals surface area contributed by atoms with Crippen LogP contribution in [0, 0.1) is 0 Å². The van der Waals surface area contributed by atoms with E-state index in [-0.39, 0.29) is 18.3 Å². The molecule has 0 saturated carbocycles. The van der Waals surface area contributed by atoms with Gasteiger partial charge in [-0.15, -0.1) is 12.4 Å². The minimum Gasteiger partial charge on any atom is -0.476 e. The Morgan fingerprint density at radius 2 is 1.73 bits per heavy atom. The van der Waals surface area contributed by atoms with Crippen LogP contribution in [0.3, 0.4) is 0 Å². The molecule has 1 unspecified atom stereocenters. The number of nitrogens with two attached hydrogens (primary N) is 1. The van der Waals surface area contributed by atoms with Gasteiger partial charge < -0.3 is 15.8 Å². The average molecular weight is 377 g/mol. The second-order valence-electron chi connectivity index (χ2n) is 6.42. The first-order valence-electron chi connectivity index (χ1n) is 8.91. The van der Waals surface area contributed by atoms with Gasteiger partial charge in [0, 0.05) is 12.1 Å². The molecule has 0 heterocycles. The molecule has 5 heteroatoms. The van der Waals surface area contributed by atoms with Gasteiger partial charge >= 0.3 is 0 Å². The Morgan fingerprint density at radius 3 is 2.38 bits per heavy atom. The Hall–Kier alpha value is -2.04. The molecule has 0 fully saturated rings. The number of unbranched alkanes of at least 4 members (excludes halogenated alkanes) is 1. The summed E-state index contributed by atoms with van der Waals surface area (Å²) in [6.45, 7) is 5.52. The van der Waals surface area contributed by atoms with Gasteiger partial charge in [-0.3, -0.25) is 4.79 Å². The Labute approximate surface area is 162 Å². The summed E-state index contributed by atoms with van der Waals surface area (Å²) in [4.78, 5) is 12.7. The summed E-state index contributed by atoms with van der Waals surface area (Å²) in [5.74, 6) is 0.985. The predicted octanol–water partition coefficient (Wildman–Crippen LogP) is 4.21. The number of amides is 1. The van der Waals surface area contributed by atoms with Gasteiger partial charge in [-0.25, -0.2) is 0 Å². The molecule has 0 spiro atoms. The summed E-state index contributed by atoms with van der Waals surface area (Å²) in [7, 11) is 0. The van der Waals surface area contributed by atoms with E-state index >= 15 is 0 Å². The number of hydrogen-bond donors (Lipinski definition) is 2. The number of benzene rings is 2. The highest BCUT2D eigenvalue weighted by Crippen LogP contribution is 2.25. The molecule has 1 atom stereocenters. The topological polar surface area (TPSA) is 64.3 Å². The molecule has 26 heavy (non-hydrogen) atoms. The molecular formula is C21H29ClN2O2. The average Bonchev–Trinajstić information content (AvgIpc) is 2.64. The van der Waals surface area contributed by atoms with Crippen molar-refractivity contribution in [2.75, 3.05) is 13.1 Å². The monoisotopic (exact) mass is 376 g/mol. The van der Waals surface area contributed by atoms with Gasteiger partial charge in [-0.2, -0.15) is 0 Å². The lowest BCUT2D eigenvalue weighted by atomic mass is 10.0. The Bertz CT molecular complexity index is 662. The maximum absolute atomic E-state index is 12.7. The van der Waals surface area contributed by atoms with Gasteiger partial charge in [0.2, 0.25) is 6.10 Å². The zero-order chi connectivity index (χ0) is 18.1. The van der Waals surface area contributed by atoms with E-state index in [0.29, 0.717) is 24.8 Å². The Morgan fingerprint density at radius 1 is 1.04 bits per heavy atom. The van der Waals surface area contributed by atoms with Crippen LogP contribution in [0.15, 0.2) is 54.6 Å². The summed E-state index contributed by atoms with van der Waals surface area (Å²) in [5, 5.41) is 2.95. The quantitative estimate of drug-likeness (QED) is 0.644. The Balaban J connectivity index is 0.00000338. The van der Waals surface area contributed by atoms with Crippen molar-refractivity contribution in [2.24, 2.45) is 5.73 Å². The van der Waals surface area contributed by atoms with Crippen LogP contribution >= 0.6 is 12.4 Å². The molecular weight excluding hydrogens is 348 g/mol. The summed E-state index contributed by atoms with van der Waals surface area (Å²) in [6, 6.07) is 17.5. The van der Waals surface area contributed by atoms with Gasteiger partial charge in [0.05, 0.1) is 0 Å². The van der Waals surface area contributed by atoms with E-state index in [2.05, 4.69) is 25.2 Å². The zero-order valence-corrected chi connectivity index (χ0v) is 16.3.